The van der Waals surface area contributed by atoms with Crippen molar-refractivity contribution in [2.24, 2.45) is 0 Å². The Kier molecular flexibility index (Phi) is 3.87. The third kappa shape index (κ3) is 2.64. The lowest BCUT2D eigenvalue weighted by atomic mass is 9.89. The lowest BCUT2D eigenvalue weighted by Crippen LogP contribution is -2.51. The van der Waals surface area contributed by atoms with Gasteiger partial charge >= 0.3 is 5.97 Å². The highest BCUT2D eigenvalue weighted by atomic mass is 16.5. The number of aryl methyl sites for hydroxylation is 1. The van der Waals surface area contributed by atoms with Gasteiger partial charge in [-0.05, 0) is 24.6 Å². The second kappa shape index (κ2) is 5.40. The molecule has 0 atom stereocenters. The molecule has 1 fully saturated rings. The highest BCUT2D eigenvalue weighted by molar-refractivity contribution is 5.84. The maximum absolute atomic E-state index is 12.0. The molecule has 1 aromatic rings. The van der Waals surface area contributed by atoms with Gasteiger partial charge in [-0.25, -0.2) is 4.79 Å². The van der Waals surface area contributed by atoms with Gasteiger partial charge in [0.05, 0.1) is 7.11 Å². The maximum Gasteiger partial charge on any atom is 0.331 e. The summed E-state index contributed by atoms with van der Waals surface area (Å²) in [6.07, 6.45) is 1.27. The van der Waals surface area contributed by atoms with Gasteiger partial charge in [0.2, 0.25) is 0 Å². The molecule has 1 aliphatic heterocycles. The Balaban J connectivity index is 2.22. The summed E-state index contributed by atoms with van der Waals surface area (Å²) < 4.78 is 10.3. The largest absolute Gasteiger partial charge is 0.467 e. The predicted molar refractivity (Wildman–Crippen MR) is 69.6 cm³/mol. The molecular weight excluding hydrogens is 230 g/mol. The first kappa shape index (κ1) is 12.9. The van der Waals surface area contributed by atoms with E-state index in [2.05, 4.69) is 5.32 Å². The Labute approximate surface area is 107 Å². The molecule has 98 valence electrons. The summed E-state index contributed by atoms with van der Waals surface area (Å²) in [5, 5.41) is 3.33. The van der Waals surface area contributed by atoms with Crippen LogP contribution in [0.25, 0.3) is 0 Å². The molecule has 1 aliphatic rings. The fourth-order valence-corrected chi connectivity index (χ4v) is 2.29. The van der Waals surface area contributed by atoms with E-state index in [-0.39, 0.29) is 5.97 Å². The topological polar surface area (TPSA) is 47.6 Å². The standard InChI is InChI=1S/C14H19NO3/c1-11-4-3-5-12(10-11)15-14(13(16)17-2)6-8-18-9-7-14/h3-5,10,15H,6-9H2,1-2H3. The van der Waals surface area contributed by atoms with Crippen molar-refractivity contribution in [1.82, 2.24) is 0 Å². The first-order chi connectivity index (χ1) is 8.66. The fraction of sp³-hybridized carbons (Fsp3) is 0.500. The van der Waals surface area contributed by atoms with Gasteiger partial charge in [0.25, 0.3) is 0 Å². The van der Waals surface area contributed by atoms with Crippen LogP contribution in [0.4, 0.5) is 5.69 Å². The number of nitrogens with one attached hydrogen (secondary N) is 1. The van der Waals surface area contributed by atoms with E-state index in [1.165, 1.54) is 7.11 Å². The number of esters is 1. The highest BCUT2D eigenvalue weighted by Crippen LogP contribution is 2.27. The number of benzene rings is 1. The van der Waals surface area contributed by atoms with E-state index in [0.717, 1.165) is 11.3 Å². The zero-order valence-electron chi connectivity index (χ0n) is 10.9. The molecule has 0 bridgehead atoms. The van der Waals surface area contributed by atoms with Crippen molar-refractivity contribution in [1.29, 1.82) is 0 Å². The maximum atomic E-state index is 12.0. The van der Waals surface area contributed by atoms with Gasteiger partial charge in [-0.15, -0.1) is 0 Å². The third-order valence-corrected chi connectivity index (χ3v) is 3.32. The molecule has 4 nitrogen and oxygen atoms in total. The summed E-state index contributed by atoms with van der Waals surface area (Å²) in [6, 6.07) is 8.00. The fourth-order valence-electron chi connectivity index (χ4n) is 2.29. The molecule has 0 saturated carbocycles. The predicted octanol–water partition coefficient (Wildman–Crippen LogP) is 2.13. The van der Waals surface area contributed by atoms with Crippen LogP contribution in [0.15, 0.2) is 24.3 Å². The van der Waals surface area contributed by atoms with Crippen LogP contribution in [0, 0.1) is 6.92 Å². The van der Waals surface area contributed by atoms with E-state index < -0.39 is 5.54 Å². The van der Waals surface area contributed by atoms with Gasteiger partial charge in [0.15, 0.2) is 0 Å². The van der Waals surface area contributed by atoms with Crippen LogP contribution in [0.1, 0.15) is 18.4 Å². The summed E-state index contributed by atoms with van der Waals surface area (Å²) in [5.41, 5.74) is 1.45. The number of carbonyl (C=O) groups excluding carboxylic acids is 1. The van der Waals surface area contributed by atoms with Gasteiger partial charge in [0.1, 0.15) is 5.54 Å². The zero-order valence-corrected chi connectivity index (χ0v) is 10.9. The SMILES string of the molecule is COC(=O)C1(Nc2cccc(C)c2)CCOCC1. The Morgan fingerprint density at radius 3 is 2.72 bits per heavy atom. The molecule has 0 radical (unpaired) electrons. The molecule has 0 amide bonds. The summed E-state index contributed by atoms with van der Waals surface area (Å²) in [4.78, 5) is 12.0. The number of ether oxygens (including phenoxy) is 2. The van der Waals surface area contributed by atoms with E-state index in [1.54, 1.807) is 0 Å². The number of anilines is 1. The first-order valence-corrected chi connectivity index (χ1v) is 6.17. The number of hydrogen-bond acceptors (Lipinski definition) is 4. The van der Waals surface area contributed by atoms with Crippen molar-refractivity contribution in [3.05, 3.63) is 29.8 Å². The van der Waals surface area contributed by atoms with Crippen molar-refractivity contribution in [2.75, 3.05) is 25.6 Å². The van der Waals surface area contributed by atoms with Crippen molar-refractivity contribution < 1.29 is 14.3 Å². The highest BCUT2D eigenvalue weighted by Gasteiger charge is 2.41. The molecule has 1 saturated heterocycles. The van der Waals surface area contributed by atoms with E-state index in [4.69, 9.17) is 9.47 Å². The zero-order chi connectivity index (χ0) is 13.0. The van der Waals surface area contributed by atoms with E-state index in [0.29, 0.717) is 26.1 Å². The molecule has 18 heavy (non-hydrogen) atoms. The molecule has 1 heterocycles. The average molecular weight is 249 g/mol. The number of hydrogen-bond donors (Lipinski definition) is 1. The summed E-state index contributed by atoms with van der Waals surface area (Å²) in [7, 11) is 1.43. The van der Waals surface area contributed by atoms with Crippen LogP contribution in [0.3, 0.4) is 0 Å². The summed E-state index contributed by atoms with van der Waals surface area (Å²) in [6.45, 7) is 3.18. The lowest BCUT2D eigenvalue weighted by molar-refractivity contribution is -0.149. The lowest BCUT2D eigenvalue weighted by Gasteiger charge is -2.36. The molecule has 1 N–H and O–H groups in total. The van der Waals surface area contributed by atoms with Gasteiger partial charge < -0.3 is 14.8 Å². The molecule has 0 aromatic heterocycles. The van der Waals surface area contributed by atoms with Crippen LogP contribution in [-0.2, 0) is 14.3 Å². The van der Waals surface area contributed by atoms with Crippen molar-refractivity contribution >= 4 is 11.7 Å². The van der Waals surface area contributed by atoms with Crippen LogP contribution in [0.2, 0.25) is 0 Å². The Bertz CT molecular complexity index is 425. The normalized spacial score (nSPS) is 18.1. The van der Waals surface area contributed by atoms with E-state index in [1.807, 2.05) is 31.2 Å². The Morgan fingerprint density at radius 2 is 2.11 bits per heavy atom. The Morgan fingerprint density at radius 1 is 1.39 bits per heavy atom. The van der Waals surface area contributed by atoms with Crippen molar-refractivity contribution in [3.63, 3.8) is 0 Å². The van der Waals surface area contributed by atoms with Gasteiger partial charge in [-0.3, -0.25) is 0 Å². The average Bonchev–Trinajstić information content (AvgIpc) is 2.39. The Hall–Kier alpha value is -1.55. The quantitative estimate of drug-likeness (QED) is 0.834. The molecule has 4 heteroatoms. The van der Waals surface area contributed by atoms with Crippen molar-refractivity contribution in [2.45, 2.75) is 25.3 Å². The minimum absolute atomic E-state index is 0.215. The van der Waals surface area contributed by atoms with Gasteiger partial charge in [-0.1, -0.05) is 12.1 Å². The second-order valence-electron chi connectivity index (χ2n) is 4.68. The summed E-state index contributed by atoms with van der Waals surface area (Å²) in [5.74, 6) is -0.215. The molecule has 0 unspecified atom stereocenters. The van der Waals surface area contributed by atoms with Crippen LogP contribution >= 0.6 is 0 Å². The number of rotatable bonds is 3. The van der Waals surface area contributed by atoms with Gasteiger partial charge in [0, 0.05) is 31.7 Å². The van der Waals surface area contributed by atoms with Crippen LogP contribution in [-0.4, -0.2) is 31.8 Å². The van der Waals surface area contributed by atoms with E-state index >= 15 is 0 Å². The number of carbonyl (C=O) groups is 1. The number of methoxy groups -OCH3 is 1. The second-order valence-corrected chi connectivity index (χ2v) is 4.68. The molecule has 0 spiro atoms. The van der Waals surface area contributed by atoms with E-state index in [9.17, 15) is 4.79 Å². The molecule has 2 rings (SSSR count). The van der Waals surface area contributed by atoms with Crippen LogP contribution in [0.5, 0.6) is 0 Å². The smallest absolute Gasteiger partial charge is 0.331 e. The molecular formula is C14H19NO3. The minimum atomic E-state index is -0.652. The van der Waals surface area contributed by atoms with Gasteiger partial charge in [-0.2, -0.15) is 0 Å². The molecule has 0 aliphatic carbocycles. The third-order valence-electron chi connectivity index (χ3n) is 3.32. The van der Waals surface area contributed by atoms with Crippen LogP contribution < -0.4 is 5.32 Å². The molecule has 1 aromatic carbocycles. The summed E-state index contributed by atoms with van der Waals surface area (Å²) >= 11 is 0. The minimum Gasteiger partial charge on any atom is -0.467 e. The first-order valence-electron chi connectivity index (χ1n) is 6.17. The van der Waals surface area contributed by atoms with Crippen molar-refractivity contribution in [3.8, 4) is 0 Å². The monoisotopic (exact) mass is 249 g/mol.